The molecule has 194 valence electrons. The van der Waals surface area contributed by atoms with Gasteiger partial charge in [-0.1, -0.05) is 29.3 Å². The maximum Gasteiger partial charge on any atom is 0.271 e. The van der Waals surface area contributed by atoms with Crippen LogP contribution in [0.4, 0.5) is 17.1 Å². The summed E-state index contributed by atoms with van der Waals surface area (Å²) in [5.41, 5.74) is 0.534. The number of hydrogen-bond donors (Lipinski definition) is 2. The first-order chi connectivity index (χ1) is 18.1. The minimum absolute atomic E-state index is 0.159. The Balaban J connectivity index is 1.74. The normalized spacial score (nSPS) is 10.8. The van der Waals surface area contributed by atoms with Crippen molar-refractivity contribution in [3.8, 4) is 17.6 Å². The summed E-state index contributed by atoms with van der Waals surface area (Å²) < 4.78 is 11.4. The number of hydrogen-bond acceptors (Lipinski definition) is 7. The van der Waals surface area contributed by atoms with Gasteiger partial charge in [0.05, 0.1) is 26.6 Å². The topological polar surface area (TPSA) is 144 Å². The predicted molar refractivity (Wildman–Crippen MR) is 147 cm³/mol. The lowest BCUT2D eigenvalue weighted by molar-refractivity contribution is -0.384. The van der Waals surface area contributed by atoms with Crippen LogP contribution in [0.5, 0.6) is 11.5 Å². The minimum atomic E-state index is -0.762. The summed E-state index contributed by atoms with van der Waals surface area (Å²) in [5, 5.41) is 26.2. The Morgan fingerprint density at radius 2 is 1.84 bits per heavy atom. The maximum absolute atomic E-state index is 12.6. The van der Waals surface area contributed by atoms with E-state index in [1.807, 2.05) is 6.07 Å². The fourth-order valence-corrected chi connectivity index (χ4v) is 3.96. The number of amides is 2. The van der Waals surface area contributed by atoms with E-state index in [4.69, 9.17) is 32.7 Å². The first kappa shape index (κ1) is 28.5. The number of rotatable bonds is 9. The van der Waals surface area contributed by atoms with Crippen molar-refractivity contribution in [3.05, 3.63) is 90.4 Å². The van der Waals surface area contributed by atoms with Crippen LogP contribution in [0.25, 0.3) is 6.08 Å². The molecule has 0 spiro atoms. The molecule has 0 heterocycles. The molecule has 0 aromatic heterocycles. The second-order valence-corrected chi connectivity index (χ2v) is 9.10. The lowest BCUT2D eigenvalue weighted by atomic mass is 10.1. The molecule has 3 aromatic carbocycles. The lowest BCUT2D eigenvalue weighted by Gasteiger charge is -2.14. The van der Waals surface area contributed by atoms with Crippen LogP contribution in [-0.2, 0) is 9.59 Å². The van der Waals surface area contributed by atoms with Gasteiger partial charge in [0.15, 0.2) is 18.1 Å². The van der Waals surface area contributed by atoms with E-state index in [9.17, 15) is 25.0 Å². The van der Waals surface area contributed by atoms with Gasteiger partial charge >= 0.3 is 0 Å². The molecule has 3 aromatic rings. The molecule has 0 saturated carbocycles. The monoisotopic (exact) mass is 618 g/mol. The predicted octanol–water partition coefficient (Wildman–Crippen LogP) is 6.24. The molecule has 13 heteroatoms. The Hall–Kier alpha value is -4.11. The first-order valence-corrected chi connectivity index (χ1v) is 12.1. The number of nitriles is 1. The van der Waals surface area contributed by atoms with E-state index in [0.29, 0.717) is 20.7 Å². The number of nitro groups is 1. The second-order valence-electron chi connectivity index (χ2n) is 7.43. The van der Waals surface area contributed by atoms with Crippen LogP contribution in [0, 0.1) is 21.4 Å². The summed E-state index contributed by atoms with van der Waals surface area (Å²) in [4.78, 5) is 35.3. The Morgan fingerprint density at radius 3 is 2.50 bits per heavy atom. The van der Waals surface area contributed by atoms with Crippen molar-refractivity contribution in [2.24, 2.45) is 0 Å². The van der Waals surface area contributed by atoms with Gasteiger partial charge in [0, 0.05) is 23.5 Å². The SMILES string of the molecule is COc1cc(/C=C(/C#N)C(=O)Nc2cccc([N+](=O)[O-])c2)cc(Br)c1OCC(=O)Nc1ccc(Cl)c(Cl)c1. The van der Waals surface area contributed by atoms with Gasteiger partial charge in [-0.2, -0.15) is 5.26 Å². The maximum atomic E-state index is 12.6. The van der Waals surface area contributed by atoms with E-state index >= 15 is 0 Å². The standard InChI is InChI=1S/C25H17BrCl2N4O6/c1-37-22-9-14(7-15(12-29)25(34)31-16-3-2-4-18(10-16)32(35)36)8-19(26)24(22)38-13-23(33)30-17-5-6-20(27)21(28)11-17/h2-11H,13H2,1H3,(H,30,33)(H,31,34)/b15-7-. The number of benzene rings is 3. The van der Waals surface area contributed by atoms with Gasteiger partial charge in [-0.15, -0.1) is 0 Å². The van der Waals surface area contributed by atoms with Crippen molar-refractivity contribution in [1.29, 1.82) is 5.26 Å². The highest BCUT2D eigenvalue weighted by Gasteiger charge is 2.16. The van der Waals surface area contributed by atoms with Gasteiger partial charge in [0.2, 0.25) is 0 Å². The summed E-state index contributed by atoms with van der Waals surface area (Å²) in [6.45, 7) is -0.362. The van der Waals surface area contributed by atoms with Gasteiger partial charge in [-0.25, -0.2) is 0 Å². The summed E-state index contributed by atoms with van der Waals surface area (Å²) in [6, 6.07) is 14.8. The number of non-ortho nitro benzene ring substituents is 1. The van der Waals surface area contributed by atoms with Crippen molar-refractivity contribution in [3.63, 3.8) is 0 Å². The third-order valence-electron chi connectivity index (χ3n) is 4.79. The molecule has 2 amide bonds. The third-order valence-corrected chi connectivity index (χ3v) is 6.12. The van der Waals surface area contributed by atoms with E-state index in [1.165, 1.54) is 49.6 Å². The van der Waals surface area contributed by atoms with Crippen molar-refractivity contribution in [2.75, 3.05) is 24.4 Å². The number of nitro benzene ring substituents is 1. The van der Waals surface area contributed by atoms with Crippen LogP contribution in [0.2, 0.25) is 10.0 Å². The van der Waals surface area contributed by atoms with Crippen LogP contribution in [-0.4, -0.2) is 30.5 Å². The van der Waals surface area contributed by atoms with Gasteiger partial charge < -0.3 is 20.1 Å². The van der Waals surface area contributed by atoms with E-state index in [1.54, 1.807) is 18.2 Å². The molecule has 38 heavy (non-hydrogen) atoms. The number of anilines is 2. The van der Waals surface area contributed by atoms with E-state index in [-0.39, 0.29) is 40.1 Å². The fraction of sp³-hybridized carbons (Fsp3) is 0.0800. The number of ether oxygens (including phenoxy) is 2. The Bertz CT molecular complexity index is 1490. The summed E-state index contributed by atoms with van der Waals surface area (Å²) in [7, 11) is 1.39. The molecular weight excluding hydrogens is 603 g/mol. The van der Waals surface area contributed by atoms with Gasteiger partial charge in [0.1, 0.15) is 11.6 Å². The zero-order valence-corrected chi connectivity index (χ0v) is 22.6. The zero-order chi connectivity index (χ0) is 27.8. The molecule has 0 saturated heterocycles. The molecule has 0 bridgehead atoms. The van der Waals surface area contributed by atoms with E-state index < -0.39 is 16.7 Å². The van der Waals surface area contributed by atoms with Crippen LogP contribution >= 0.6 is 39.1 Å². The quantitative estimate of drug-likeness (QED) is 0.125. The minimum Gasteiger partial charge on any atom is -0.493 e. The highest BCUT2D eigenvalue weighted by molar-refractivity contribution is 9.10. The largest absolute Gasteiger partial charge is 0.493 e. The average Bonchev–Trinajstić information content (AvgIpc) is 2.88. The van der Waals surface area contributed by atoms with E-state index in [2.05, 4.69) is 26.6 Å². The van der Waals surface area contributed by atoms with Crippen molar-refractivity contribution in [2.45, 2.75) is 0 Å². The molecule has 0 atom stereocenters. The summed E-state index contributed by atoms with van der Waals surface area (Å²) in [6.07, 6.45) is 1.31. The highest BCUT2D eigenvalue weighted by Crippen LogP contribution is 2.37. The number of nitrogens with zero attached hydrogens (tertiary/aromatic N) is 2. The molecule has 3 rings (SSSR count). The van der Waals surface area contributed by atoms with E-state index in [0.717, 1.165) is 0 Å². The third kappa shape index (κ3) is 7.45. The van der Waals surface area contributed by atoms with Gasteiger partial charge in [-0.05, 0) is 64.0 Å². The molecule has 0 radical (unpaired) electrons. The van der Waals surface area contributed by atoms with Crippen LogP contribution in [0.15, 0.2) is 64.6 Å². The molecule has 10 nitrogen and oxygen atoms in total. The summed E-state index contributed by atoms with van der Waals surface area (Å²) in [5.74, 6) is -0.786. The fourth-order valence-electron chi connectivity index (χ4n) is 3.08. The number of carbonyl (C=O) groups is 2. The molecule has 2 N–H and O–H groups in total. The molecule has 0 aliphatic carbocycles. The lowest BCUT2D eigenvalue weighted by Crippen LogP contribution is -2.20. The van der Waals surface area contributed by atoms with Crippen LogP contribution in [0.3, 0.4) is 0 Å². The number of nitrogens with one attached hydrogen (secondary N) is 2. The van der Waals surface area contributed by atoms with Crippen LogP contribution in [0.1, 0.15) is 5.56 Å². The molecule has 0 fully saturated rings. The molecule has 0 unspecified atom stereocenters. The second kappa shape index (κ2) is 12.9. The molecule has 0 aliphatic heterocycles. The van der Waals surface area contributed by atoms with Gasteiger partial charge in [-0.3, -0.25) is 19.7 Å². The van der Waals surface area contributed by atoms with Crippen LogP contribution < -0.4 is 20.1 Å². The summed E-state index contributed by atoms with van der Waals surface area (Å²) >= 11 is 15.2. The number of halogens is 3. The Morgan fingerprint density at radius 1 is 1.11 bits per heavy atom. The van der Waals surface area contributed by atoms with Crippen molar-refractivity contribution < 1.29 is 24.0 Å². The highest BCUT2D eigenvalue weighted by atomic mass is 79.9. The molecule has 0 aliphatic rings. The smallest absolute Gasteiger partial charge is 0.271 e. The molecular formula is C25H17BrCl2N4O6. The van der Waals surface area contributed by atoms with Gasteiger partial charge in [0.25, 0.3) is 17.5 Å². The average molecular weight is 620 g/mol. The van der Waals surface area contributed by atoms with Crippen molar-refractivity contribution >= 4 is 74.1 Å². The zero-order valence-electron chi connectivity index (χ0n) is 19.5. The first-order valence-electron chi connectivity index (χ1n) is 10.5. The Kier molecular flexibility index (Phi) is 9.67. The Labute approximate surface area is 235 Å². The van der Waals surface area contributed by atoms with Crippen molar-refractivity contribution in [1.82, 2.24) is 0 Å². The number of carbonyl (C=O) groups excluding carboxylic acids is 2. The number of methoxy groups -OCH3 is 1.